The van der Waals surface area contributed by atoms with Crippen molar-refractivity contribution in [1.29, 1.82) is 0 Å². The van der Waals surface area contributed by atoms with Gasteiger partial charge >= 0.3 is 6.03 Å². The molecule has 0 bridgehead atoms. The van der Waals surface area contributed by atoms with Crippen molar-refractivity contribution in [3.63, 3.8) is 0 Å². The fourth-order valence-corrected chi connectivity index (χ4v) is 4.07. The van der Waals surface area contributed by atoms with Crippen molar-refractivity contribution in [1.82, 2.24) is 10.2 Å². The van der Waals surface area contributed by atoms with Gasteiger partial charge in [0.1, 0.15) is 17.9 Å². The SMILES string of the molecule is Cc1ccc(COc2ccccc2/C=C2/C(=O)NC(=O)N(C3CCCCC3)C2=O)cc1. The molecule has 4 rings (SSSR count). The molecule has 0 unspecified atom stereocenters. The van der Waals surface area contributed by atoms with Crippen molar-refractivity contribution in [2.24, 2.45) is 0 Å². The number of para-hydroxylation sites is 1. The molecule has 1 saturated carbocycles. The molecule has 6 heteroatoms. The molecule has 1 aliphatic carbocycles. The lowest BCUT2D eigenvalue weighted by atomic mass is 9.93. The molecule has 1 aliphatic heterocycles. The first-order valence-electron chi connectivity index (χ1n) is 10.7. The number of nitrogens with one attached hydrogen (secondary N) is 1. The Morgan fingerprint density at radius 2 is 1.71 bits per heavy atom. The van der Waals surface area contributed by atoms with E-state index in [1.165, 1.54) is 16.5 Å². The normalized spacial score (nSPS) is 18.9. The van der Waals surface area contributed by atoms with E-state index in [2.05, 4.69) is 5.32 Å². The largest absolute Gasteiger partial charge is 0.488 e. The highest BCUT2D eigenvalue weighted by Crippen LogP contribution is 2.28. The smallest absolute Gasteiger partial charge is 0.331 e. The van der Waals surface area contributed by atoms with Gasteiger partial charge in [0.15, 0.2) is 0 Å². The summed E-state index contributed by atoms with van der Waals surface area (Å²) in [4.78, 5) is 39.2. The Labute approximate surface area is 181 Å². The molecule has 1 heterocycles. The average molecular weight is 418 g/mol. The minimum atomic E-state index is -0.671. The quantitative estimate of drug-likeness (QED) is 0.578. The molecule has 2 fully saturated rings. The molecular weight excluding hydrogens is 392 g/mol. The first-order chi connectivity index (χ1) is 15.0. The topological polar surface area (TPSA) is 75.7 Å². The first kappa shape index (κ1) is 20.8. The predicted octanol–water partition coefficient (Wildman–Crippen LogP) is 4.37. The number of imide groups is 2. The van der Waals surface area contributed by atoms with Crippen LogP contribution in [0.4, 0.5) is 4.79 Å². The lowest BCUT2D eigenvalue weighted by molar-refractivity contribution is -0.132. The Morgan fingerprint density at radius 1 is 1.00 bits per heavy atom. The Balaban J connectivity index is 1.57. The van der Waals surface area contributed by atoms with Crippen LogP contribution in [0.5, 0.6) is 5.75 Å². The standard InChI is InChI=1S/C25H26N2O4/c1-17-11-13-18(14-12-17)16-31-22-10-6-5-7-19(22)15-21-23(28)26-25(30)27(24(21)29)20-8-3-2-4-9-20/h5-7,10-15,20H,2-4,8-9,16H2,1H3,(H,26,28,30)/b21-15-. The van der Waals surface area contributed by atoms with Crippen molar-refractivity contribution in [3.8, 4) is 5.75 Å². The van der Waals surface area contributed by atoms with Gasteiger partial charge in [-0.3, -0.25) is 19.8 Å². The fraction of sp³-hybridized carbons (Fsp3) is 0.320. The Kier molecular flexibility index (Phi) is 6.16. The molecule has 6 nitrogen and oxygen atoms in total. The molecule has 0 spiro atoms. The molecule has 31 heavy (non-hydrogen) atoms. The lowest BCUT2D eigenvalue weighted by Crippen LogP contribution is -2.58. The maximum absolute atomic E-state index is 13.1. The number of ether oxygens (including phenoxy) is 1. The van der Waals surface area contributed by atoms with E-state index in [1.54, 1.807) is 12.1 Å². The number of carbonyl (C=O) groups excluding carboxylic acids is 3. The van der Waals surface area contributed by atoms with Crippen molar-refractivity contribution in [2.75, 3.05) is 0 Å². The number of rotatable bonds is 5. The third-order valence-electron chi connectivity index (χ3n) is 5.81. The number of hydrogen-bond acceptors (Lipinski definition) is 4. The third-order valence-corrected chi connectivity index (χ3v) is 5.81. The van der Waals surface area contributed by atoms with Crippen molar-refractivity contribution in [2.45, 2.75) is 51.7 Å². The summed E-state index contributed by atoms with van der Waals surface area (Å²) in [6.45, 7) is 2.40. The zero-order valence-electron chi connectivity index (χ0n) is 17.6. The zero-order valence-corrected chi connectivity index (χ0v) is 17.6. The number of benzene rings is 2. The van der Waals surface area contributed by atoms with Crippen LogP contribution in [0.25, 0.3) is 6.08 Å². The maximum atomic E-state index is 13.1. The molecule has 0 radical (unpaired) electrons. The summed E-state index contributed by atoms with van der Waals surface area (Å²) < 4.78 is 5.97. The summed E-state index contributed by atoms with van der Waals surface area (Å²) in [5, 5.41) is 2.33. The number of carbonyl (C=O) groups is 3. The average Bonchev–Trinajstić information content (AvgIpc) is 2.77. The number of barbiturate groups is 1. The Morgan fingerprint density at radius 3 is 2.45 bits per heavy atom. The summed E-state index contributed by atoms with van der Waals surface area (Å²) in [6, 6.07) is 14.5. The molecular formula is C25H26N2O4. The molecule has 0 aromatic heterocycles. The minimum Gasteiger partial charge on any atom is -0.488 e. The molecule has 1 saturated heterocycles. The number of hydrogen-bond donors (Lipinski definition) is 1. The molecule has 0 atom stereocenters. The van der Waals surface area contributed by atoms with Crippen molar-refractivity contribution in [3.05, 3.63) is 70.8 Å². The van der Waals surface area contributed by atoms with Crippen LogP contribution in [-0.4, -0.2) is 28.8 Å². The summed E-state index contributed by atoms with van der Waals surface area (Å²) in [6.07, 6.45) is 6.13. The number of aryl methyl sites for hydroxylation is 1. The lowest BCUT2D eigenvalue weighted by Gasteiger charge is -2.35. The van der Waals surface area contributed by atoms with Gasteiger partial charge < -0.3 is 4.74 Å². The van der Waals surface area contributed by atoms with Crippen LogP contribution in [0.2, 0.25) is 0 Å². The van der Waals surface area contributed by atoms with Gasteiger partial charge in [0.05, 0.1) is 0 Å². The monoisotopic (exact) mass is 418 g/mol. The van der Waals surface area contributed by atoms with Crippen LogP contribution in [0.1, 0.15) is 48.8 Å². The number of urea groups is 1. The van der Waals surface area contributed by atoms with Crippen LogP contribution < -0.4 is 10.1 Å². The van der Waals surface area contributed by atoms with Gasteiger partial charge in [-0.2, -0.15) is 0 Å². The van der Waals surface area contributed by atoms with E-state index in [0.29, 0.717) is 17.9 Å². The van der Waals surface area contributed by atoms with Crippen LogP contribution in [0.15, 0.2) is 54.1 Å². The van der Waals surface area contributed by atoms with Gasteiger partial charge in [-0.1, -0.05) is 67.3 Å². The molecule has 2 aliphatic rings. The predicted molar refractivity (Wildman–Crippen MR) is 117 cm³/mol. The Hall–Kier alpha value is -3.41. The molecule has 2 aromatic carbocycles. The van der Waals surface area contributed by atoms with Gasteiger partial charge in [-0.25, -0.2) is 4.79 Å². The second kappa shape index (κ2) is 9.16. The van der Waals surface area contributed by atoms with E-state index in [-0.39, 0.29) is 11.6 Å². The summed E-state index contributed by atoms with van der Waals surface area (Å²) in [5.41, 5.74) is 2.77. The second-order valence-electron chi connectivity index (χ2n) is 8.10. The third kappa shape index (κ3) is 4.68. The van der Waals surface area contributed by atoms with Gasteiger partial charge in [0, 0.05) is 11.6 Å². The van der Waals surface area contributed by atoms with Gasteiger partial charge in [0.25, 0.3) is 11.8 Å². The van der Waals surface area contributed by atoms with E-state index >= 15 is 0 Å². The highest BCUT2D eigenvalue weighted by Gasteiger charge is 2.40. The number of nitrogens with zero attached hydrogens (tertiary/aromatic N) is 1. The summed E-state index contributed by atoms with van der Waals surface area (Å²) in [7, 11) is 0. The van der Waals surface area contributed by atoms with Gasteiger partial charge in [-0.15, -0.1) is 0 Å². The summed E-state index contributed by atoms with van der Waals surface area (Å²) in [5.74, 6) is -0.637. The number of amides is 4. The second-order valence-corrected chi connectivity index (χ2v) is 8.10. The first-order valence-corrected chi connectivity index (χ1v) is 10.7. The van der Waals surface area contributed by atoms with E-state index in [0.717, 1.165) is 37.7 Å². The molecule has 160 valence electrons. The van der Waals surface area contributed by atoms with Crippen molar-refractivity contribution < 1.29 is 19.1 Å². The van der Waals surface area contributed by atoms with Crippen LogP contribution >= 0.6 is 0 Å². The summed E-state index contributed by atoms with van der Waals surface area (Å²) >= 11 is 0. The van der Waals surface area contributed by atoms with Crippen molar-refractivity contribution >= 4 is 23.9 Å². The van der Waals surface area contributed by atoms with Crippen LogP contribution in [0.3, 0.4) is 0 Å². The van der Waals surface area contributed by atoms with E-state index in [9.17, 15) is 14.4 Å². The molecule has 1 N–H and O–H groups in total. The van der Waals surface area contributed by atoms with Crippen LogP contribution in [0, 0.1) is 6.92 Å². The van der Waals surface area contributed by atoms with E-state index in [1.807, 2.05) is 43.3 Å². The highest BCUT2D eigenvalue weighted by atomic mass is 16.5. The van der Waals surface area contributed by atoms with E-state index in [4.69, 9.17) is 4.74 Å². The minimum absolute atomic E-state index is 0.0449. The zero-order chi connectivity index (χ0) is 21.8. The maximum Gasteiger partial charge on any atom is 0.331 e. The molecule has 4 amide bonds. The van der Waals surface area contributed by atoms with Crippen LogP contribution in [-0.2, 0) is 16.2 Å². The van der Waals surface area contributed by atoms with E-state index < -0.39 is 17.8 Å². The fourth-order valence-electron chi connectivity index (χ4n) is 4.07. The van der Waals surface area contributed by atoms with Gasteiger partial charge in [-0.05, 0) is 37.5 Å². The molecule has 2 aromatic rings. The highest BCUT2D eigenvalue weighted by molar-refractivity contribution is 6.31. The van der Waals surface area contributed by atoms with Gasteiger partial charge in [0.2, 0.25) is 0 Å². The Bertz CT molecular complexity index is 1020.